The third-order valence-corrected chi connectivity index (χ3v) is 9.10. The van der Waals surface area contributed by atoms with Crippen LogP contribution in [0.3, 0.4) is 0 Å². The van der Waals surface area contributed by atoms with E-state index in [4.69, 9.17) is 4.74 Å². The molecule has 0 aromatic rings. The van der Waals surface area contributed by atoms with Crippen LogP contribution in [-0.4, -0.2) is 40.3 Å². The van der Waals surface area contributed by atoms with Gasteiger partial charge in [-0.2, -0.15) is 0 Å². The fourth-order valence-corrected chi connectivity index (χ4v) is 7.40. The van der Waals surface area contributed by atoms with E-state index in [2.05, 4.69) is 19.9 Å². The van der Waals surface area contributed by atoms with E-state index in [0.29, 0.717) is 24.2 Å². The number of carbonyl (C=O) groups excluding carboxylic acids is 2. The van der Waals surface area contributed by atoms with E-state index < -0.39 is 17.0 Å². The molecule has 2 N–H and O–H groups in total. The zero-order valence-corrected chi connectivity index (χ0v) is 17.4. The number of aliphatic hydroxyl groups excluding tert-OH is 1. The molecule has 0 aromatic carbocycles. The first kappa shape index (κ1) is 20.1. The third-order valence-electron chi connectivity index (χ3n) is 9.10. The van der Waals surface area contributed by atoms with Gasteiger partial charge in [-0.1, -0.05) is 25.5 Å². The lowest BCUT2D eigenvalue weighted by Gasteiger charge is -2.58. The maximum absolute atomic E-state index is 12.9. The zero-order valence-electron chi connectivity index (χ0n) is 17.4. The van der Waals surface area contributed by atoms with Gasteiger partial charge in [-0.3, -0.25) is 9.59 Å². The summed E-state index contributed by atoms with van der Waals surface area (Å²) in [5, 5.41) is 21.6. The second-order valence-corrected chi connectivity index (χ2v) is 10.2. The molecule has 4 aliphatic rings. The maximum atomic E-state index is 12.9. The molecule has 0 aliphatic heterocycles. The van der Waals surface area contributed by atoms with Gasteiger partial charge in [0.2, 0.25) is 5.78 Å². The first-order valence-electron chi connectivity index (χ1n) is 10.9. The summed E-state index contributed by atoms with van der Waals surface area (Å²) in [6.07, 6.45) is 8.96. The lowest BCUT2D eigenvalue weighted by Crippen LogP contribution is -2.58. The van der Waals surface area contributed by atoms with Gasteiger partial charge in [-0.05, 0) is 74.5 Å². The molecule has 5 nitrogen and oxygen atoms in total. The van der Waals surface area contributed by atoms with Gasteiger partial charge >= 0.3 is 5.97 Å². The maximum Gasteiger partial charge on any atom is 0.303 e. The zero-order chi connectivity index (χ0) is 20.3. The van der Waals surface area contributed by atoms with Gasteiger partial charge < -0.3 is 14.9 Å². The number of aliphatic hydroxyl groups is 2. The van der Waals surface area contributed by atoms with Crippen molar-refractivity contribution in [1.82, 2.24) is 0 Å². The minimum Gasteiger partial charge on any atom is -0.458 e. The molecular formula is C23H34O5. The van der Waals surface area contributed by atoms with E-state index in [9.17, 15) is 19.8 Å². The van der Waals surface area contributed by atoms with Crippen molar-refractivity contribution in [2.45, 2.75) is 83.8 Å². The molecule has 0 saturated heterocycles. The normalized spacial score (nSPS) is 47.4. The predicted octanol–water partition coefficient (Wildman–Crippen LogP) is 3.17. The minimum atomic E-state index is -1.40. The van der Waals surface area contributed by atoms with Gasteiger partial charge in [0.1, 0.15) is 5.60 Å². The van der Waals surface area contributed by atoms with Crippen LogP contribution in [0.4, 0.5) is 0 Å². The van der Waals surface area contributed by atoms with Gasteiger partial charge in [0.25, 0.3) is 0 Å². The fraction of sp³-hybridized carbons (Fsp3) is 0.826. The van der Waals surface area contributed by atoms with Gasteiger partial charge in [0, 0.05) is 12.3 Å². The minimum absolute atomic E-state index is 0.145. The molecule has 0 bridgehead atoms. The molecular weight excluding hydrogens is 356 g/mol. The number of ether oxygens (including phenoxy) is 1. The fourth-order valence-electron chi connectivity index (χ4n) is 7.40. The Morgan fingerprint density at radius 1 is 1.14 bits per heavy atom. The molecule has 0 aromatic heterocycles. The quantitative estimate of drug-likeness (QED) is 0.571. The number of ketones is 1. The molecule has 0 spiro atoms. The number of hydrogen-bond donors (Lipinski definition) is 2. The topological polar surface area (TPSA) is 83.8 Å². The number of Topliss-reactive ketones (excluding diaryl/α,β-unsaturated/α-hetero) is 1. The Morgan fingerprint density at radius 2 is 1.86 bits per heavy atom. The van der Waals surface area contributed by atoms with Gasteiger partial charge in [0.15, 0.2) is 6.61 Å². The van der Waals surface area contributed by atoms with E-state index in [1.54, 1.807) is 0 Å². The highest BCUT2D eigenvalue weighted by Gasteiger charge is 2.66. The number of carbonyl (C=O) groups is 2. The number of hydrogen-bond acceptors (Lipinski definition) is 5. The number of fused-ring (bicyclic) bond motifs is 5. The van der Waals surface area contributed by atoms with Crippen LogP contribution in [0.5, 0.6) is 0 Å². The van der Waals surface area contributed by atoms with E-state index in [-0.39, 0.29) is 23.9 Å². The van der Waals surface area contributed by atoms with Crippen LogP contribution in [0.15, 0.2) is 11.6 Å². The van der Waals surface area contributed by atoms with E-state index in [1.807, 2.05) is 0 Å². The van der Waals surface area contributed by atoms with Crippen molar-refractivity contribution >= 4 is 11.8 Å². The van der Waals surface area contributed by atoms with E-state index in [1.165, 1.54) is 12.5 Å². The molecule has 0 unspecified atom stereocenters. The molecule has 4 rings (SSSR count). The second-order valence-electron chi connectivity index (χ2n) is 10.2. The van der Waals surface area contributed by atoms with Crippen molar-refractivity contribution in [3.05, 3.63) is 11.6 Å². The van der Waals surface area contributed by atoms with Gasteiger partial charge in [-0.15, -0.1) is 0 Å². The standard InChI is InChI=1S/C23H34O5/c1-14(24)28-13-20(26)23(27)11-8-19-17-5-4-15-12-16(25)6-9-21(15,2)18(17)7-10-22(19,23)3/h4,16-19,25,27H,5-13H2,1-3H3/t16-,17+,18-,19-,21-,22-,23-/m0/s1. The summed E-state index contributed by atoms with van der Waals surface area (Å²) < 4.78 is 4.93. The van der Waals surface area contributed by atoms with Crippen LogP contribution in [0, 0.1) is 28.6 Å². The van der Waals surface area contributed by atoms with E-state index in [0.717, 1.165) is 44.9 Å². The average molecular weight is 391 g/mol. The largest absolute Gasteiger partial charge is 0.458 e. The molecule has 0 heterocycles. The molecule has 5 heteroatoms. The molecule has 3 saturated carbocycles. The van der Waals surface area contributed by atoms with E-state index >= 15 is 0 Å². The van der Waals surface area contributed by atoms with Crippen LogP contribution >= 0.6 is 0 Å². The molecule has 3 fully saturated rings. The Balaban J connectivity index is 1.60. The van der Waals surface area contributed by atoms with Crippen molar-refractivity contribution in [2.75, 3.05) is 6.61 Å². The summed E-state index contributed by atoms with van der Waals surface area (Å²) in [5.41, 5.74) is -0.283. The summed E-state index contributed by atoms with van der Waals surface area (Å²) in [6, 6.07) is 0. The van der Waals surface area contributed by atoms with Gasteiger partial charge in [0.05, 0.1) is 6.10 Å². The number of rotatable bonds is 3. The number of esters is 1. The molecule has 0 radical (unpaired) electrons. The monoisotopic (exact) mass is 390 g/mol. The molecule has 7 atom stereocenters. The van der Waals surface area contributed by atoms with Crippen LogP contribution < -0.4 is 0 Å². The van der Waals surface area contributed by atoms with Crippen molar-refractivity contribution in [3.8, 4) is 0 Å². The summed E-state index contributed by atoms with van der Waals surface area (Å²) in [6.45, 7) is 5.41. The van der Waals surface area contributed by atoms with Gasteiger partial charge in [-0.25, -0.2) is 0 Å². The van der Waals surface area contributed by atoms with Crippen LogP contribution in [-0.2, 0) is 14.3 Å². The summed E-state index contributed by atoms with van der Waals surface area (Å²) in [7, 11) is 0. The average Bonchev–Trinajstić information content (AvgIpc) is 2.92. The van der Waals surface area contributed by atoms with Crippen molar-refractivity contribution in [1.29, 1.82) is 0 Å². The van der Waals surface area contributed by atoms with Crippen molar-refractivity contribution in [2.24, 2.45) is 28.6 Å². The third kappa shape index (κ3) is 2.72. The Bertz CT molecular complexity index is 714. The smallest absolute Gasteiger partial charge is 0.303 e. The Hall–Kier alpha value is -1.20. The molecule has 0 amide bonds. The second kappa shape index (κ2) is 6.66. The Kier molecular flexibility index (Phi) is 4.78. The molecule has 28 heavy (non-hydrogen) atoms. The summed E-state index contributed by atoms with van der Waals surface area (Å²) in [5.74, 6) is 0.504. The SMILES string of the molecule is CC(=O)OCC(=O)[C@@]1(O)CC[C@H]2[C@@H]3CC=C4C[C@@H](O)CC[C@]4(C)[C@H]3CC[C@@]21C. The van der Waals surface area contributed by atoms with Crippen molar-refractivity contribution < 1.29 is 24.5 Å². The van der Waals surface area contributed by atoms with Crippen LogP contribution in [0.1, 0.15) is 72.1 Å². The summed E-state index contributed by atoms with van der Waals surface area (Å²) in [4.78, 5) is 24.0. The first-order valence-corrected chi connectivity index (χ1v) is 10.9. The highest BCUT2D eigenvalue weighted by atomic mass is 16.5. The molecule has 4 aliphatic carbocycles. The molecule has 156 valence electrons. The highest BCUT2D eigenvalue weighted by molar-refractivity contribution is 5.90. The highest BCUT2D eigenvalue weighted by Crippen LogP contribution is 2.67. The lowest BCUT2D eigenvalue weighted by molar-refractivity contribution is -0.168. The Morgan fingerprint density at radius 3 is 2.57 bits per heavy atom. The predicted molar refractivity (Wildman–Crippen MR) is 104 cm³/mol. The van der Waals surface area contributed by atoms with Crippen LogP contribution in [0.2, 0.25) is 0 Å². The Labute approximate surface area is 167 Å². The number of allylic oxidation sites excluding steroid dienone is 1. The lowest BCUT2D eigenvalue weighted by atomic mass is 9.46. The first-order chi connectivity index (χ1) is 13.1. The van der Waals surface area contributed by atoms with Crippen molar-refractivity contribution in [3.63, 3.8) is 0 Å². The summed E-state index contributed by atoms with van der Waals surface area (Å²) >= 11 is 0. The van der Waals surface area contributed by atoms with Crippen LogP contribution in [0.25, 0.3) is 0 Å².